The lowest BCUT2D eigenvalue weighted by Gasteiger charge is -2.51. The highest BCUT2D eigenvalue weighted by Gasteiger charge is 2.58. The zero-order valence-electron chi connectivity index (χ0n) is 16.7. The van der Waals surface area contributed by atoms with Gasteiger partial charge in [0.2, 0.25) is 5.91 Å². The molecule has 1 N–H and O–H groups in total. The van der Waals surface area contributed by atoms with Crippen molar-refractivity contribution in [1.29, 1.82) is 0 Å². The number of carbonyl (C=O) groups is 2. The molecule has 2 atom stereocenters. The normalized spacial score (nSPS) is 26.1. The number of aromatic nitrogens is 1. The highest BCUT2D eigenvalue weighted by Crippen LogP contribution is 2.49. The van der Waals surface area contributed by atoms with Crippen molar-refractivity contribution in [2.24, 2.45) is 0 Å². The number of hydrogen-bond acceptors (Lipinski definition) is 2. The molecule has 2 amide bonds. The van der Waals surface area contributed by atoms with E-state index < -0.39 is 5.54 Å². The molecule has 0 spiro atoms. The molecule has 3 heterocycles. The van der Waals surface area contributed by atoms with Crippen LogP contribution in [0, 0.1) is 0 Å². The standard InChI is InChI=1S/C24H22ClN3O2/c1-24-22-21(17-4-2-3-5-19(17)26-22)18(14-6-8-15(25)9-7-14)12-28(24)20(29)13-27(23(24)30)16-10-11-16/h2-9,16,18,26H,10-13H2,1H3/t18?,24-/m0/s1. The van der Waals surface area contributed by atoms with Crippen molar-refractivity contribution >= 4 is 34.3 Å². The Morgan fingerprint density at radius 3 is 2.53 bits per heavy atom. The van der Waals surface area contributed by atoms with Gasteiger partial charge in [0.1, 0.15) is 6.54 Å². The second-order valence-electron chi connectivity index (χ2n) is 8.80. The number of halogens is 1. The van der Waals surface area contributed by atoms with Crippen LogP contribution in [-0.2, 0) is 15.1 Å². The van der Waals surface area contributed by atoms with Gasteiger partial charge in [-0.25, -0.2) is 0 Å². The van der Waals surface area contributed by atoms with Gasteiger partial charge in [-0.1, -0.05) is 41.9 Å². The summed E-state index contributed by atoms with van der Waals surface area (Å²) in [5.41, 5.74) is 3.05. The number of piperazine rings is 1. The molecule has 0 bridgehead atoms. The van der Waals surface area contributed by atoms with Crippen molar-refractivity contribution in [3.63, 3.8) is 0 Å². The Hall–Kier alpha value is -2.79. The zero-order valence-corrected chi connectivity index (χ0v) is 17.4. The van der Waals surface area contributed by atoms with Crippen molar-refractivity contribution in [2.75, 3.05) is 13.1 Å². The highest BCUT2D eigenvalue weighted by atomic mass is 35.5. The number of H-pyrrole nitrogens is 1. The number of aromatic amines is 1. The van der Waals surface area contributed by atoms with E-state index in [2.05, 4.69) is 11.1 Å². The Balaban J connectivity index is 1.60. The van der Waals surface area contributed by atoms with Crippen LogP contribution in [0.4, 0.5) is 0 Å². The largest absolute Gasteiger partial charge is 0.356 e. The average Bonchev–Trinajstić information content (AvgIpc) is 3.51. The molecule has 1 unspecified atom stereocenters. The third kappa shape index (κ3) is 2.36. The van der Waals surface area contributed by atoms with Crippen LogP contribution in [0.25, 0.3) is 10.9 Å². The van der Waals surface area contributed by atoms with Gasteiger partial charge in [-0.15, -0.1) is 0 Å². The summed E-state index contributed by atoms with van der Waals surface area (Å²) in [7, 11) is 0. The van der Waals surface area contributed by atoms with E-state index in [-0.39, 0.29) is 30.3 Å². The molecule has 3 aliphatic rings. The Labute approximate surface area is 179 Å². The van der Waals surface area contributed by atoms with Gasteiger partial charge in [0.05, 0.1) is 5.69 Å². The molecule has 1 aliphatic carbocycles. The zero-order chi connectivity index (χ0) is 20.6. The number of nitrogens with zero attached hydrogens (tertiary/aromatic N) is 2. The maximum absolute atomic E-state index is 13.7. The topological polar surface area (TPSA) is 56.4 Å². The molecular weight excluding hydrogens is 398 g/mol. The lowest BCUT2D eigenvalue weighted by Crippen LogP contribution is -2.67. The number of fused-ring (bicyclic) bond motifs is 5. The van der Waals surface area contributed by atoms with Gasteiger partial charge in [-0.3, -0.25) is 9.59 Å². The number of nitrogens with one attached hydrogen (secondary N) is 1. The van der Waals surface area contributed by atoms with E-state index in [9.17, 15) is 9.59 Å². The molecule has 6 heteroatoms. The van der Waals surface area contributed by atoms with Crippen LogP contribution in [-0.4, -0.2) is 45.7 Å². The van der Waals surface area contributed by atoms with Gasteiger partial charge in [-0.2, -0.15) is 0 Å². The molecule has 152 valence electrons. The predicted molar refractivity (Wildman–Crippen MR) is 115 cm³/mol. The number of benzene rings is 2. The summed E-state index contributed by atoms with van der Waals surface area (Å²) in [6.07, 6.45) is 1.98. The van der Waals surface area contributed by atoms with Crippen molar-refractivity contribution in [3.8, 4) is 0 Å². The van der Waals surface area contributed by atoms with E-state index in [1.807, 2.05) is 49.4 Å². The van der Waals surface area contributed by atoms with E-state index in [4.69, 9.17) is 11.6 Å². The molecule has 30 heavy (non-hydrogen) atoms. The van der Waals surface area contributed by atoms with E-state index in [0.717, 1.165) is 40.6 Å². The lowest BCUT2D eigenvalue weighted by atomic mass is 9.76. The minimum atomic E-state index is -1.00. The third-order valence-corrected chi connectivity index (χ3v) is 7.28. The number of para-hydroxylation sites is 1. The molecule has 2 fully saturated rings. The summed E-state index contributed by atoms with van der Waals surface area (Å²) in [5, 5.41) is 1.79. The smallest absolute Gasteiger partial charge is 0.255 e. The van der Waals surface area contributed by atoms with Crippen molar-refractivity contribution in [2.45, 2.75) is 37.3 Å². The van der Waals surface area contributed by atoms with E-state index in [1.165, 1.54) is 0 Å². The molecule has 1 saturated heterocycles. The fourth-order valence-corrected chi connectivity index (χ4v) is 5.43. The quantitative estimate of drug-likeness (QED) is 0.682. The molecule has 0 radical (unpaired) electrons. The van der Waals surface area contributed by atoms with E-state index >= 15 is 0 Å². The average molecular weight is 420 g/mol. The third-order valence-electron chi connectivity index (χ3n) is 7.03. The lowest BCUT2D eigenvalue weighted by molar-refractivity contribution is -0.166. The molecule has 2 aromatic carbocycles. The first-order valence-electron chi connectivity index (χ1n) is 10.5. The molecule has 6 rings (SSSR count). The second kappa shape index (κ2) is 6.11. The van der Waals surface area contributed by atoms with Crippen LogP contribution >= 0.6 is 11.6 Å². The second-order valence-corrected chi connectivity index (χ2v) is 9.24. The first kappa shape index (κ1) is 18.0. The minimum Gasteiger partial charge on any atom is -0.356 e. The number of amides is 2. The first-order valence-corrected chi connectivity index (χ1v) is 10.8. The van der Waals surface area contributed by atoms with Gasteiger partial charge in [0.25, 0.3) is 5.91 Å². The van der Waals surface area contributed by atoms with Crippen LogP contribution in [0.3, 0.4) is 0 Å². The van der Waals surface area contributed by atoms with Crippen molar-refractivity contribution < 1.29 is 9.59 Å². The van der Waals surface area contributed by atoms with Gasteiger partial charge >= 0.3 is 0 Å². The van der Waals surface area contributed by atoms with Crippen LogP contribution in [0.1, 0.15) is 42.5 Å². The maximum atomic E-state index is 13.7. The minimum absolute atomic E-state index is 0.0206. The van der Waals surface area contributed by atoms with Crippen LogP contribution < -0.4 is 0 Å². The Morgan fingerprint density at radius 1 is 1.07 bits per heavy atom. The number of rotatable bonds is 2. The predicted octanol–water partition coefficient (Wildman–Crippen LogP) is 4.02. The van der Waals surface area contributed by atoms with Gasteiger partial charge in [0, 0.05) is 34.4 Å². The van der Waals surface area contributed by atoms with Gasteiger partial charge in [-0.05, 0) is 49.1 Å². The first-order chi connectivity index (χ1) is 14.5. The summed E-state index contributed by atoms with van der Waals surface area (Å²) in [6, 6.07) is 16.2. The monoisotopic (exact) mass is 419 g/mol. The summed E-state index contributed by atoms with van der Waals surface area (Å²) in [4.78, 5) is 34.1. The van der Waals surface area contributed by atoms with Crippen LogP contribution in [0.2, 0.25) is 5.02 Å². The summed E-state index contributed by atoms with van der Waals surface area (Å²) < 4.78 is 0. The Bertz CT molecular complexity index is 1200. The molecule has 3 aromatic rings. The van der Waals surface area contributed by atoms with E-state index in [1.54, 1.807) is 9.80 Å². The SMILES string of the molecule is C[C@]12C(=O)N(C3CC3)CC(=O)N1CC(c1ccc(Cl)cc1)c1c2[nH]c2ccccc12. The summed E-state index contributed by atoms with van der Waals surface area (Å²) in [6.45, 7) is 2.58. The maximum Gasteiger partial charge on any atom is 0.255 e. The Kier molecular flexibility index (Phi) is 3.67. The van der Waals surface area contributed by atoms with Crippen LogP contribution in [0.15, 0.2) is 48.5 Å². The molecule has 1 saturated carbocycles. The number of hydrogen-bond donors (Lipinski definition) is 1. The molecule has 5 nitrogen and oxygen atoms in total. The van der Waals surface area contributed by atoms with Crippen molar-refractivity contribution in [1.82, 2.24) is 14.8 Å². The highest BCUT2D eigenvalue weighted by molar-refractivity contribution is 6.30. The summed E-state index contributed by atoms with van der Waals surface area (Å²) >= 11 is 6.13. The van der Waals surface area contributed by atoms with Gasteiger partial charge in [0.15, 0.2) is 5.54 Å². The fraction of sp³-hybridized carbons (Fsp3) is 0.333. The number of carbonyl (C=O) groups excluding carboxylic acids is 2. The molecular formula is C24H22ClN3O2. The molecule has 1 aromatic heterocycles. The van der Waals surface area contributed by atoms with E-state index in [0.29, 0.717) is 11.6 Å². The summed E-state index contributed by atoms with van der Waals surface area (Å²) in [5.74, 6) is 0.0324. The Morgan fingerprint density at radius 2 is 1.80 bits per heavy atom. The molecule has 2 aliphatic heterocycles. The fourth-order valence-electron chi connectivity index (χ4n) is 5.31. The van der Waals surface area contributed by atoms with Crippen molar-refractivity contribution in [3.05, 3.63) is 70.4 Å². The van der Waals surface area contributed by atoms with Crippen LogP contribution in [0.5, 0.6) is 0 Å². The van der Waals surface area contributed by atoms with Gasteiger partial charge < -0.3 is 14.8 Å².